The van der Waals surface area contributed by atoms with Gasteiger partial charge < -0.3 is 4.74 Å². The lowest BCUT2D eigenvalue weighted by Crippen LogP contribution is -2.19. The number of ether oxygens (including phenoxy) is 1. The maximum Gasteiger partial charge on any atom is 0.379 e. The summed E-state index contributed by atoms with van der Waals surface area (Å²) in [5, 5.41) is 0.435. The Morgan fingerprint density at radius 1 is 1.31 bits per heavy atom. The first-order chi connectivity index (χ1) is 7.60. The molecule has 0 radical (unpaired) electrons. The second-order valence-corrected chi connectivity index (χ2v) is 3.64. The van der Waals surface area contributed by atoms with Crippen molar-refractivity contribution in [3.63, 3.8) is 0 Å². The zero-order valence-electron chi connectivity index (χ0n) is 9.25. The van der Waals surface area contributed by atoms with E-state index in [0.29, 0.717) is 17.0 Å². The molecular formula is C12H13ClO3. The number of ketones is 1. The minimum atomic E-state index is -0.834. The van der Waals surface area contributed by atoms with Crippen LogP contribution < -0.4 is 0 Å². The van der Waals surface area contributed by atoms with Crippen LogP contribution in [0.5, 0.6) is 0 Å². The molecule has 0 saturated carbocycles. The third kappa shape index (κ3) is 2.83. The second-order valence-electron chi connectivity index (χ2n) is 3.20. The number of Topliss-reactive ketones (excluding diaryl/α,β-unsaturated/α-hetero) is 1. The number of carbonyl (C=O) groups is 2. The molecule has 1 aromatic rings. The van der Waals surface area contributed by atoms with Crippen LogP contribution in [0, 0.1) is 0 Å². The van der Waals surface area contributed by atoms with Crippen LogP contribution in [0.15, 0.2) is 18.2 Å². The maximum atomic E-state index is 11.7. The van der Waals surface area contributed by atoms with Crippen LogP contribution >= 0.6 is 11.6 Å². The molecule has 0 atom stereocenters. The van der Waals surface area contributed by atoms with Crippen molar-refractivity contribution in [2.45, 2.75) is 20.3 Å². The van der Waals surface area contributed by atoms with E-state index in [0.717, 1.165) is 5.56 Å². The molecule has 1 rings (SSSR count). The standard InChI is InChI=1S/C12H13ClO3/c1-3-8-5-6-9(13)7-10(8)11(14)12(15)16-4-2/h5-7H,3-4H2,1-2H3. The normalized spacial score (nSPS) is 9.94. The molecule has 0 N–H and O–H groups in total. The van der Waals surface area contributed by atoms with Gasteiger partial charge in [-0.2, -0.15) is 0 Å². The van der Waals surface area contributed by atoms with E-state index < -0.39 is 11.8 Å². The molecule has 4 heteroatoms. The smallest absolute Gasteiger partial charge is 0.379 e. The van der Waals surface area contributed by atoms with Crippen LogP contribution in [0.3, 0.4) is 0 Å². The molecule has 0 amide bonds. The highest BCUT2D eigenvalue weighted by Crippen LogP contribution is 2.17. The summed E-state index contributed by atoms with van der Waals surface area (Å²) in [4.78, 5) is 23.0. The Balaban J connectivity index is 3.06. The lowest BCUT2D eigenvalue weighted by atomic mass is 10.0. The van der Waals surface area contributed by atoms with Gasteiger partial charge in [-0.15, -0.1) is 0 Å². The average molecular weight is 241 g/mol. The van der Waals surface area contributed by atoms with Crippen LogP contribution in [0.1, 0.15) is 29.8 Å². The van der Waals surface area contributed by atoms with Gasteiger partial charge in [-0.25, -0.2) is 4.79 Å². The summed E-state index contributed by atoms with van der Waals surface area (Å²) in [5.74, 6) is -1.47. The van der Waals surface area contributed by atoms with Gasteiger partial charge in [0.05, 0.1) is 6.61 Å². The van der Waals surface area contributed by atoms with Crippen LogP contribution in [0.2, 0.25) is 5.02 Å². The van der Waals surface area contributed by atoms with Gasteiger partial charge in [-0.05, 0) is 31.0 Å². The van der Waals surface area contributed by atoms with Crippen molar-refractivity contribution >= 4 is 23.4 Å². The molecule has 0 spiro atoms. The van der Waals surface area contributed by atoms with Crippen LogP contribution in [-0.4, -0.2) is 18.4 Å². The number of halogens is 1. The number of carbonyl (C=O) groups excluding carboxylic acids is 2. The molecular weight excluding hydrogens is 228 g/mol. The first kappa shape index (κ1) is 12.7. The quantitative estimate of drug-likeness (QED) is 0.462. The topological polar surface area (TPSA) is 43.4 Å². The van der Waals surface area contributed by atoms with Crippen molar-refractivity contribution in [2.24, 2.45) is 0 Å². The maximum absolute atomic E-state index is 11.7. The van der Waals surface area contributed by atoms with Crippen molar-refractivity contribution in [1.82, 2.24) is 0 Å². The Hall–Kier alpha value is -1.35. The van der Waals surface area contributed by atoms with Crippen molar-refractivity contribution in [2.75, 3.05) is 6.61 Å². The summed E-state index contributed by atoms with van der Waals surface area (Å²) in [6, 6.07) is 4.94. The SMILES string of the molecule is CCOC(=O)C(=O)c1cc(Cl)ccc1CC. The Morgan fingerprint density at radius 2 is 2.00 bits per heavy atom. The molecule has 16 heavy (non-hydrogen) atoms. The zero-order valence-corrected chi connectivity index (χ0v) is 10.0. The average Bonchev–Trinajstić information content (AvgIpc) is 2.28. The highest BCUT2D eigenvalue weighted by atomic mass is 35.5. The van der Waals surface area contributed by atoms with E-state index in [1.54, 1.807) is 19.1 Å². The van der Waals surface area contributed by atoms with E-state index in [4.69, 9.17) is 11.6 Å². The summed E-state index contributed by atoms with van der Waals surface area (Å²) in [5.41, 5.74) is 1.12. The number of aryl methyl sites for hydroxylation is 1. The molecule has 0 bridgehead atoms. The minimum absolute atomic E-state index is 0.187. The van der Waals surface area contributed by atoms with Gasteiger partial charge in [0, 0.05) is 10.6 Å². The monoisotopic (exact) mass is 240 g/mol. The van der Waals surface area contributed by atoms with Gasteiger partial charge in [0.25, 0.3) is 5.78 Å². The molecule has 1 aromatic carbocycles. The van der Waals surface area contributed by atoms with Crippen LogP contribution in [0.25, 0.3) is 0 Å². The molecule has 0 aliphatic heterocycles. The zero-order chi connectivity index (χ0) is 12.1. The van der Waals surface area contributed by atoms with Crippen LogP contribution in [0.4, 0.5) is 0 Å². The van der Waals surface area contributed by atoms with E-state index in [2.05, 4.69) is 4.74 Å². The third-order valence-corrected chi connectivity index (χ3v) is 2.39. The molecule has 86 valence electrons. The van der Waals surface area contributed by atoms with E-state index in [1.165, 1.54) is 6.07 Å². The molecule has 0 saturated heterocycles. The van der Waals surface area contributed by atoms with Crippen molar-refractivity contribution in [3.8, 4) is 0 Å². The molecule has 0 unspecified atom stereocenters. The summed E-state index contributed by atoms with van der Waals surface area (Å²) >= 11 is 5.80. The van der Waals surface area contributed by atoms with Gasteiger partial charge in [0.1, 0.15) is 0 Å². The molecule has 0 aromatic heterocycles. The lowest BCUT2D eigenvalue weighted by molar-refractivity contribution is -0.137. The van der Waals surface area contributed by atoms with Crippen molar-refractivity contribution in [3.05, 3.63) is 34.3 Å². The largest absolute Gasteiger partial charge is 0.460 e. The highest BCUT2D eigenvalue weighted by molar-refractivity contribution is 6.41. The number of rotatable bonds is 4. The molecule has 0 fully saturated rings. The number of benzene rings is 1. The van der Waals surface area contributed by atoms with E-state index in [9.17, 15) is 9.59 Å². The Labute approximate surface area is 99.4 Å². The van der Waals surface area contributed by atoms with Crippen molar-refractivity contribution in [1.29, 1.82) is 0 Å². The fraction of sp³-hybridized carbons (Fsp3) is 0.333. The Morgan fingerprint density at radius 3 is 2.56 bits per heavy atom. The van der Waals surface area contributed by atoms with Crippen molar-refractivity contribution < 1.29 is 14.3 Å². The van der Waals surface area contributed by atoms with Gasteiger partial charge in [-0.3, -0.25) is 4.79 Å². The van der Waals surface area contributed by atoms with E-state index in [1.807, 2.05) is 6.92 Å². The van der Waals surface area contributed by atoms with E-state index in [-0.39, 0.29) is 6.61 Å². The lowest BCUT2D eigenvalue weighted by Gasteiger charge is -2.06. The summed E-state index contributed by atoms with van der Waals surface area (Å²) in [6.45, 7) is 3.75. The Kier molecular flexibility index (Phi) is 4.50. The predicted octanol–water partition coefficient (Wildman–Crippen LogP) is 2.65. The molecule has 3 nitrogen and oxygen atoms in total. The molecule has 0 aliphatic carbocycles. The molecule has 0 aliphatic rings. The molecule has 0 heterocycles. The number of esters is 1. The Bertz CT molecular complexity index is 413. The number of hydrogen-bond donors (Lipinski definition) is 0. The first-order valence-electron chi connectivity index (χ1n) is 5.10. The minimum Gasteiger partial charge on any atom is -0.460 e. The van der Waals surface area contributed by atoms with Gasteiger partial charge >= 0.3 is 5.97 Å². The summed E-state index contributed by atoms with van der Waals surface area (Å²) in [7, 11) is 0. The predicted molar refractivity (Wildman–Crippen MR) is 61.8 cm³/mol. The number of hydrogen-bond acceptors (Lipinski definition) is 3. The van der Waals surface area contributed by atoms with Gasteiger partial charge in [-0.1, -0.05) is 24.6 Å². The third-order valence-electron chi connectivity index (χ3n) is 2.16. The highest BCUT2D eigenvalue weighted by Gasteiger charge is 2.20. The first-order valence-corrected chi connectivity index (χ1v) is 5.47. The van der Waals surface area contributed by atoms with Gasteiger partial charge in [0.2, 0.25) is 0 Å². The second kappa shape index (κ2) is 5.66. The fourth-order valence-corrected chi connectivity index (χ4v) is 1.55. The summed E-state index contributed by atoms with van der Waals surface area (Å²) < 4.78 is 4.67. The van der Waals surface area contributed by atoms with E-state index >= 15 is 0 Å². The fourth-order valence-electron chi connectivity index (χ4n) is 1.37. The van der Waals surface area contributed by atoms with Crippen LogP contribution in [-0.2, 0) is 16.0 Å². The summed E-state index contributed by atoms with van der Waals surface area (Å²) in [6.07, 6.45) is 0.664. The van der Waals surface area contributed by atoms with Gasteiger partial charge in [0.15, 0.2) is 0 Å².